The van der Waals surface area contributed by atoms with Gasteiger partial charge in [0, 0.05) is 10.9 Å². The molecule has 0 spiro atoms. The molecule has 3 aromatic rings. The topological polar surface area (TPSA) is 38.7 Å². The molecule has 2 aromatic heterocycles. The lowest BCUT2D eigenvalue weighted by atomic mass is 10.1. The van der Waals surface area contributed by atoms with E-state index in [1.54, 1.807) is 6.07 Å². The van der Waals surface area contributed by atoms with Gasteiger partial charge in [0.05, 0.1) is 17.6 Å². The van der Waals surface area contributed by atoms with Gasteiger partial charge in [-0.1, -0.05) is 17.7 Å². The van der Waals surface area contributed by atoms with Crippen LogP contribution in [-0.2, 0) is 5.88 Å². The Morgan fingerprint density at radius 2 is 1.82 bits per heavy atom. The summed E-state index contributed by atoms with van der Waals surface area (Å²) in [5, 5.41) is 0.730. The van der Waals surface area contributed by atoms with Crippen LogP contribution in [-0.4, -0.2) is 15.0 Å². The van der Waals surface area contributed by atoms with Crippen molar-refractivity contribution in [3.05, 3.63) is 52.8 Å². The molecule has 0 fully saturated rings. The summed E-state index contributed by atoms with van der Waals surface area (Å²) in [6.07, 6.45) is 0.620. The molecule has 0 aliphatic heterocycles. The van der Waals surface area contributed by atoms with E-state index in [1.165, 1.54) is 12.1 Å². The molecular formula is C14H6Cl2F3N3. The average molecular weight is 344 g/mol. The Morgan fingerprint density at radius 1 is 1.05 bits per heavy atom. The summed E-state index contributed by atoms with van der Waals surface area (Å²) >= 11 is 11.7. The second-order valence-electron chi connectivity index (χ2n) is 4.38. The van der Waals surface area contributed by atoms with Crippen LogP contribution in [0.5, 0.6) is 0 Å². The quantitative estimate of drug-likeness (QED) is 0.508. The van der Waals surface area contributed by atoms with Crippen LogP contribution in [0.4, 0.5) is 13.2 Å². The van der Waals surface area contributed by atoms with Crippen LogP contribution in [0.25, 0.3) is 22.2 Å². The Kier molecular flexibility index (Phi) is 3.88. The Morgan fingerprint density at radius 3 is 2.55 bits per heavy atom. The van der Waals surface area contributed by atoms with Crippen molar-refractivity contribution >= 4 is 34.1 Å². The van der Waals surface area contributed by atoms with Crippen molar-refractivity contribution < 1.29 is 13.2 Å². The monoisotopic (exact) mass is 343 g/mol. The number of alkyl halides is 1. The van der Waals surface area contributed by atoms with E-state index in [4.69, 9.17) is 23.2 Å². The molecule has 3 rings (SSSR count). The minimum absolute atomic E-state index is 0.0532. The first-order valence-corrected chi connectivity index (χ1v) is 6.94. The van der Waals surface area contributed by atoms with Crippen molar-refractivity contribution in [2.75, 3.05) is 0 Å². The smallest absolute Gasteiger partial charge is 0.198 e. The molecule has 22 heavy (non-hydrogen) atoms. The number of pyridine rings is 1. The van der Waals surface area contributed by atoms with Crippen LogP contribution in [0.3, 0.4) is 0 Å². The van der Waals surface area contributed by atoms with E-state index in [1.807, 2.05) is 0 Å². The fraction of sp³-hybridized carbons (Fsp3) is 0.0714. The van der Waals surface area contributed by atoms with Crippen LogP contribution >= 0.6 is 23.2 Å². The number of nitrogens with zero attached hydrogens (tertiary/aromatic N) is 3. The molecule has 0 aliphatic carbocycles. The maximum Gasteiger partial charge on any atom is 0.198 e. The highest BCUT2D eigenvalue weighted by Gasteiger charge is 2.17. The van der Waals surface area contributed by atoms with Gasteiger partial charge in [0.2, 0.25) is 0 Å². The molecule has 0 radical (unpaired) electrons. The number of aromatic nitrogens is 3. The third kappa shape index (κ3) is 2.48. The van der Waals surface area contributed by atoms with Gasteiger partial charge in [-0.25, -0.2) is 28.1 Å². The number of fused-ring (bicyclic) bond motifs is 1. The van der Waals surface area contributed by atoms with Gasteiger partial charge in [-0.3, -0.25) is 0 Å². The Bertz CT molecular complexity index is 887. The summed E-state index contributed by atoms with van der Waals surface area (Å²) in [4.78, 5) is 11.7. The molecule has 0 amide bonds. The lowest BCUT2D eigenvalue weighted by molar-refractivity contribution is 0.443. The number of benzene rings is 1. The molecule has 3 nitrogen and oxygen atoms in total. The highest BCUT2D eigenvalue weighted by Crippen LogP contribution is 2.28. The first-order chi connectivity index (χ1) is 10.5. The Labute approximate surface area is 132 Å². The van der Waals surface area contributed by atoms with Gasteiger partial charge < -0.3 is 0 Å². The van der Waals surface area contributed by atoms with E-state index < -0.39 is 17.5 Å². The number of hydrogen-bond donors (Lipinski definition) is 0. The first kappa shape index (κ1) is 15.0. The first-order valence-electron chi connectivity index (χ1n) is 6.03. The third-order valence-corrected chi connectivity index (χ3v) is 3.53. The maximum absolute atomic E-state index is 13.8. The molecule has 0 saturated carbocycles. The van der Waals surface area contributed by atoms with E-state index in [2.05, 4.69) is 15.0 Å². The van der Waals surface area contributed by atoms with Gasteiger partial charge in [-0.05, 0) is 12.1 Å². The minimum atomic E-state index is -1.58. The molecule has 0 unspecified atom stereocenters. The van der Waals surface area contributed by atoms with Gasteiger partial charge in [-0.15, -0.1) is 11.6 Å². The summed E-state index contributed by atoms with van der Waals surface area (Å²) in [7, 11) is 0. The van der Waals surface area contributed by atoms with E-state index in [0.29, 0.717) is 22.9 Å². The maximum atomic E-state index is 13.8. The fourth-order valence-corrected chi connectivity index (χ4v) is 2.36. The Hall–Kier alpha value is -1.92. The number of halogens is 5. The molecular weight excluding hydrogens is 338 g/mol. The van der Waals surface area contributed by atoms with Crippen molar-refractivity contribution in [3.8, 4) is 11.3 Å². The fourth-order valence-electron chi connectivity index (χ4n) is 1.99. The van der Waals surface area contributed by atoms with Crippen LogP contribution in [0.1, 0.15) is 5.82 Å². The molecule has 0 saturated heterocycles. The zero-order valence-electron chi connectivity index (χ0n) is 10.7. The van der Waals surface area contributed by atoms with Crippen molar-refractivity contribution in [2.24, 2.45) is 0 Å². The van der Waals surface area contributed by atoms with Crippen LogP contribution in [0, 0.1) is 17.5 Å². The van der Waals surface area contributed by atoms with Gasteiger partial charge in [-0.2, -0.15) is 0 Å². The van der Waals surface area contributed by atoms with Gasteiger partial charge >= 0.3 is 0 Å². The lowest BCUT2D eigenvalue weighted by Crippen LogP contribution is -1.98. The molecule has 0 bridgehead atoms. The second-order valence-corrected chi connectivity index (χ2v) is 5.00. The summed E-state index contributed by atoms with van der Waals surface area (Å²) in [5.41, 5.74) is 0.321. The predicted molar refractivity (Wildman–Crippen MR) is 77.2 cm³/mol. The van der Waals surface area contributed by atoms with Gasteiger partial charge in [0.15, 0.2) is 17.5 Å². The molecule has 1 aromatic carbocycles. The summed E-state index contributed by atoms with van der Waals surface area (Å²) in [6.45, 7) is 0. The average Bonchev–Trinajstić information content (AvgIpc) is 2.52. The molecule has 2 heterocycles. The molecule has 0 N–H and O–H groups in total. The molecule has 112 valence electrons. The SMILES string of the molecule is Fc1cnc(-c2ccc3c(Cl)nc(CCl)nc3c2)c(F)c1F. The van der Waals surface area contributed by atoms with E-state index in [9.17, 15) is 13.2 Å². The molecule has 0 atom stereocenters. The highest BCUT2D eigenvalue weighted by atomic mass is 35.5. The minimum Gasteiger partial charge on any atom is -0.250 e. The third-order valence-electron chi connectivity index (χ3n) is 3.01. The predicted octanol–water partition coefficient (Wildman–Crippen LogP) is 4.50. The summed E-state index contributed by atoms with van der Waals surface area (Å²) in [6, 6.07) is 4.48. The van der Waals surface area contributed by atoms with Crippen molar-refractivity contribution in [1.82, 2.24) is 15.0 Å². The van der Waals surface area contributed by atoms with Crippen molar-refractivity contribution in [1.29, 1.82) is 0 Å². The van der Waals surface area contributed by atoms with Gasteiger partial charge in [0.25, 0.3) is 0 Å². The summed E-state index contributed by atoms with van der Waals surface area (Å²) < 4.78 is 40.1. The van der Waals surface area contributed by atoms with Gasteiger partial charge in [0.1, 0.15) is 16.7 Å². The molecule has 8 heteroatoms. The standard InChI is InChI=1S/C14H6Cl2F3N3/c15-4-10-21-9-3-6(1-2-7(9)14(16)22-10)13-12(19)11(18)8(17)5-20-13/h1-3,5H,4H2. The van der Waals surface area contributed by atoms with E-state index in [0.717, 1.165) is 0 Å². The zero-order valence-corrected chi connectivity index (χ0v) is 12.3. The van der Waals surface area contributed by atoms with Crippen LogP contribution in [0.15, 0.2) is 24.4 Å². The normalized spacial score (nSPS) is 11.1. The van der Waals surface area contributed by atoms with Crippen molar-refractivity contribution in [2.45, 2.75) is 5.88 Å². The van der Waals surface area contributed by atoms with Crippen molar-refractivity contribution in [3.63, 3.8) is 0 Å². The second kappa shape index (κ2) is 5.70. The molecule has 0 aliphatic rings. The number of hydrogen-bond acceptors (Lipinski definition) is 3. The number of rotatable bonds is 2. The highest BCUT2D eigenvalue weighted by molar-refractivity contribution is 6.34. The zero-order chi connectivity index (χ0) is 15.9. The van der Waals surface area contributed by atoms with Crippen LogP contribution < -0.4 is 0 Å². The summed E-state index contributed by atoms with van der Waals surface area (Å²) in [5.74, 6) is -3.94. The van der Waals surface area contributed by atoms with Crippen LogP contribution in [0.2, 0.25) is 5.15 Å². The van der Waals surface area contributed by atoms with E-state index in [-0.39, 0.29) is 22.3 Å². The lowest BCUT2D eigenvalue weighted by Gasteiger charge is -2.07. The Balaban J connectivity index is 2.22. The van der Waals surface area contributed by atoms with E-state index >= 15 is 0 Å². The largest absolute Gasteiger partial charge is 0.250 e.